The van der Waals surface area contributed by atoms with Gasteiger partial charge in [-0.3, -0.25) is 9.59 Å². The number of nitrogens with one attached hydrogen (secondary N) is 1. The molecule has 1 aromatic rings. The fourth-order valence-corrected chi connectivity index (χ4v) is 5.47. The van der Waals surface area contributed by atoms with E-state index in [-0.39, 0.29) is 18.2 Å². The highest BCUT2D eigenvalue weighted by Gasteiger charge is 2.25. The van der Waals surface area contributed by atoms with Gasteiger partial charge in [0.15, 0.2) is 0 Å². The first-order valence-corrected chi connectivity index (χ1v) is 12.6. The maximum atomic E-state index is 12.9. The zero-order valence-electron chi connectivity index (χ0n) is 18.2. The fraction of sp³-hybridized carbons (Fsp3) is 0.636. The number of hydrogen-bond acceptors (Lipinski definition) is 5. The Kier molecular flexibility index (Phi) is 8.45. The zero-order valence-corrected chi connectivity index (χ0v) is 19.0. The topological polar surface area (TPSA) is 96.0 Å². The molecule has 2 heterocycles. The first-order valence-electron chi connectivity index (χ1n) is 11.1. The third-order valence-electron chi connectivity index (χ3n) is 5.84. The summed E-state index contributed by atoms with van der Waals surface area (Å²) in [7, 11) is -3.47. The summed E-state index contributed by atoms with van der Waals surface area (Å²) in [5, 5.41) is 2.76. The third-order valence-corrected chi connectivity index (χ3v) is 7.75. The maximum absolute atomic E-state index is 12.9. The molecule has 0 aromatic heterocycles. The van der Waals surface area contributed by atoms with Gasteiger partial charge in [-0.05, 0) is 43.9 Å². The van der Waals surface area contributed by atoms with Crippen LogP contribution in [-0.2, 0) is 30.8 Å². The van der Waals surface area contributed by atoms with Crippen molar-refractivity contribution in [3.05, 3.63) is 29.8 Å². The average Bonchev–Trinajstić information content (AvgIpc) is 3.08. The summed E-state index contributed by atoms with van der Waals surface area (Å²) >= 11 is 0. The van der Waals surface area contributed by atoms with Gasteiger partial charge in [-0.15, -0.1) is 0 Å². The van der Waals surface area contributed by atoms with E-state index in [1.807, 2.05) is 0 Å². The van der Waals surface area contributed by atoms with Crippen molar-refractivity contribution in [2.24, 2.45) is 0 Å². The van der Waals surface area contributed by atoms with E-state index in [9.17, 15) is 18.0 Å². The molecular formula is C22H33N3O5S. The summed E-state index contributed by atoms with van der Waals surface area (Å²) in [6.45, 7) is 4.98. The monoisotopic (exact) mass is 451 g/mol. The highest BCUT2D eigenvalue weighted by Crippen LogP contribution is 2.21. The first-order chi connectivity index (χ1) is 14.9. The number of aryl methyl sites for hydroxylation is 1. The van der Waals surface area contributed by atoms with Crippen LogP contribution in [0.3, 0.4) is 0 Å². The SMILES string of the molecule is CC(NC(=O)CCc1ccc(S(=O)(=O)N2CCCCCC2)cc1)C(=O)N1CCOCC1. The molecule has 2 saturated heterocycles. The summed E-state index contributed by atoms with van der Waals surface area (Å²) in [5.74, 6) is -0.296. The number of ether oxygens (including phenoxy) is 1. The molecule has 2 aliphatic rings. The Hall–Kier alpha value is -1.97. The van der Waals surface area contributed by atoms with Gasteiger partial charge in [-0.2, -0.15) is 4.31 Å². The van der Waals surface area contributed by atoms with Gasteiger partial charge in [0.05, 0.1) is 18.1 Å². The van der Waals surface area contributed by atoms with Crippen molar-refractivity contribution in [3.63, 3.8) is 0 Å². The van der Waals surface area contributed by atoms with Gasteiger partial charge in [0.2, 0.25) is 21.8 Å². The molecular weight excluding hydrogens is 418 g/mol. The van der Waals surface area contributed by atoms with Crippen LogP contribution in [0.15, 0.2) is 29.2 Å². The Labute approximate surface area is 185 Å². The average molecular weight is 452 g/mol. The van der Waals surface area contributed by atoms with E-state index in [0.29, 0.717) is 50.7 Å². The molecule has 8 nitrogen and oxygen atoms in total. The normalized spacial score (nSPS) is 19.5. The van der Waals surface area contributed by atoms with Crippen LogP contribution in [0.2, 0.25) is 0 Å². The largest absolute Gasteiger partial charge is 0.378 e. The Morgan fingerprint density at radius 2 is 1.61 bits per heavy atom. The maximum Gasteiger partial charge on any atom is 0.245 e. The van der Waals surface area contributed by atoms with Gasteiger partial charge in [-0.1, -0.05) is 25.0 Å². The van der Waals surface area contributed by atoms with Gasteiger partial charge in [0, 0.05) is 32.6 Å². The molecule has 0 bridgehead atoms. The van der Waals surface area contributed by atoms with Crippen molar-refractivity contribution >= 4 is 21.8 Å². The molecule has 1 unspecified atom stereocenters. The predicted octanol–water partition coefficient (Wildman–Crippen LogP) is 1.55. The minimum atomic E-state index is -3.47. The van der Waals surface area contributed by atoms with E-state index in [1.165, 1.54) is 0 Å². The molecule has 0 radical (unpaired) electrons. The Balaban J connectivity index is 1.49. The second-order valence-electron chi connectivity index (χ2n) is 8.19. The molecule has 1 N–H and O–H groups in total. The van der Waals surface area contributed by atoms with Crippen molar-refractivity contribution in [2.45, 2.75) is 56.4 Å². The number of morpholine rings is 1. The minimum Gasteiger partial charge on any atom is -0.378 e. The van der Waals surface area contributed by atoms with Gasteiger partial charge < -0.3 is 15.0 Å². The molecule has 172 valence electrons. The molecule has 2 fully saturated rings. The van der Waals surface area contributed by atoms with Crippen molar-refractivity contribution < 1.29 is 22.7 Å². The van der Waals surface area contributed by atoms with E-state index in [0.717, 1.165) is 31.2 Å². The summed E-state index contributed by atoms with van der Waals surface area (Å²) in [4.78, 5) is 26.7. The predicted molar refractivity (Wildman–Crippen MR) is 117 cm³/mol. The molecule has 0 saturated carbocycles. The lowest BCUT2D eigenvalue weighted by Crippen LogP contribution is -2.50. The number of amides is 2. The van der Waals surface area contributed by atoms with Crippen LogP contribution < -0.4 is 5.32 Å². The molecule has 3 rings (SSSR count). The second-order valence-corrected chi connectivity index (χ2v) is 10.1. The molecule has 1 aromatic carbocycles. The van der Waals surface area contributed by atoms with E-state index < -0.39 is 16.1 Å². The van der Waals surface area contributed by atoms with Crippen LogP contribution in [0.5, 0.6) is 0 Å². The number of carbonyl (C=O) groups excluding carboxylic acids is 2. The van der Waals surface area contributed by atoms with Crippen LogP contribution in [0, 0.1) is 0 Å². The van der Waals surface area contributed by atoms with Crippen molar-refractivity contribution in [3.8, 4) is 0 Å². The fourth-order valence-electron chi connectivity index (χ4n) is 3.95. The number of nitrogens with zero attached hydrogens (tertiary/aromatic N) is 2. The minimum absolute atomic E-state index is 0.0975. The van der Waals surface area contributed by atoms with Gasteiger partial charge in [-0.25, -0.2) is 8.42 Å². The van der Waals surface area contributed by atoms with E-state index in [2.05, 4.69) is 5.32 Å². The highest BCUT2D eigenvalue weighted by atomic mass is 32.2. The number of carbonyl (C=O) groups is 2. The Morgan fingerprint density at radius 3 is 2.23 bits per heavy atom. The molecule has 0 spiro atoms. The lowest BCUT2D eigenvalue weighted by molar-refractivity contribution is -0.139. The van der Waals surface area contributed by atoms with Gasteiger partial charge in [0.25, 0.3) is 0 Å². The van der Waals surface area contributed by atoms with Crippen LogP contribution in [-0.4, -0.2) is 74.9 Å². The zero-order chi connectivity index (χ0) is 22.3. The van der Waals surface area contributed by atoms with Crippen molar-refractivity contribution in [1.82, 2.24) is 14.5 Å². The lowest BCUT2D eigenvalue weighted by atomic mass is 10.1. The summed E-state index contributed by atoms with van der Waals surface area (Å²) < 4.78 is 32.5. The highest BCUT2D eigenvalue weighted by molar-refractivity contribution is 7.89. The first kappa shape index (κ1) is 23.7. The summed E-state index contributed by atoms with van der Waals surface area (Å²) in [5.41, 5.74) is 0.886. The standard InChI is InChI=1S/C22H33N3O5S/c1-18(22(27)24-14-16-30-17-15-24)23-21(26)11-8-19-6-9-20(10-7-19)31(28,29)25-12-4-2-3-5-13-25/h6-7,9-10,18H,2-5,8,11-17H2,1H3,(H,23,26). The van der Waals surface area contributed by atoms with Crippen LogP contribution in [0.1, 0.15) is 44.6 Å². The van der Waals surface area contributed by atoms with E-state index in [4.69, 9.17) is 4.74 Å². The van der Waals surface area contributed by atoms with Crippen molar-refractivity contribution in [2.75, 3.05) is 39.4 Å². The molecule has 2 amide bonds. The van der Waals surface area contributed by atoms with Crippen LogP contribution >= 0.6 is 0 Å². The molecule has 9 heteroatoms. The summed E-state index contributed by atoms with van der Waals surface area (Å²) in [6, 6.07) is 6.20. The van der Waals surface area contributed by atoms with Gasteiger partial charge >= 0.3 is 0 Å². The number of benzene rings is 1. The molecule has 2 aliphatic heterocycles. The number of sulfonamides is 1. The molecule has 31 heavy (non-hydrogen) atoms. The number of hydrogen-bond donors (Lipinski definition) is 1. The quantitative estimate of drug-likeness (QED) is 0.679. The third kappa shape index (κ3) is 6.51. The van der Waals surface area contributed by atoms with Gasteiger partial charge in [0.1, 0.15) is 6.04 Å². The van der Waals surface area contributed by atoms with Crippen LogP contribution in [0.25, 0.3) is 0 Å². The lowest BCUT2D eigenvalue weighted by Gasteiger charge is -2.29. The van der Waals surface area contributed by atoms with E-state index >= 15 is 0 Å². The number of rotatable bonds is 7. The van der Waals surface area contributed by atoms with Crippen LogP contribution in [0.4, 0.5) is 0 Å². The second kappa shape index (κ2) is 11.1. The summed E-state index contributed by atoms with van der Waals surface area (Å²) in [6.07, 6.45) is 4.67. The van der Waals surface area contributed by atoms with Crippen molar-refractivity contribution in [1.29, 1.82) is 0 Å². The smallest absolute Gasteiger partial charge is 0.245 e. The van der Waals surface area contributed by atoms with E-state index in [1.54, 1.807) is 40.4 Å². The Morgan fingerprint density at radius 1 is 1.00 bits per heavy atom. The molecule has 1 atom stereocenters. The Bertz CT molecular complexity index is 842. The molecule has 0 aliphatic carbocycles.